The average molecular weight is 270 g/mol. The monoisotopic (exact) mass is 270 g/mol. The Hall–Kier alpha value is -0.320. The third-order valence-corrected chi connectivity index (χ3v) is 5.33. The molecule has 0 spiro atoms. The van der Waals surface area contributed by atoms with E-state index in [-0.39, 0.29) is 11.7 Å². The molecule has 2 nitrogen and oxygen atoms in total. The molecule has 1 aliphatic rings. The zero-order valence-corrected chi connectivity index (χ0v) is 12.0. The number of thioether (sulfide) groups is 1. The van der Waals surface area contributed by atoms with Gasteiger partial charge in [0.15, 0.2) is 5.78 Å². The predicted octanol–water partition coefficient (Wildman–Crippen LogP) is 3.39. The van der Waals surface area contributed by atoms with E-state index in [0.29, 0.717) is 6.61 Å². The number of thiophene rings is 1. The van der Waals surface area contributed by atoms with Crippen molar-refractivity contribution in [2.24, 2.45) is 5.92 Å². The van der Waals surface area contributed by atoms with Crippen molar-refractivity contribution in [1.82, 2.24) is 0 Å². The van der Waals surface area contributed by atoms with Crippen LogP contribution in [0.2, 0.25) is 0 Å². The van der Waals surface area contributed by atoms with Crippen LogP contribution in [-0.2, 0) is 16.9 Å². The average Bonchev–Trinajstić information content (AvgIpc) is 2.78. The molecule has 0 saturated heterocycles. The summed E-state index contributed by atoms with van der Waals surface area (Å²) < 4.78 is 5.03. The van der Waals surface area contributed by atoms with E-state index in [4.69, 9.17) is 4.74 Å². The van der Waals surface area contributed by atoms with E-state index in [0.717, 1.165) is 23.5 Å². The molecule has 4 heteroatoms. The Kier molecular flexibility index (Phi) is 4.65. The highest BCUT2D eigenvalue weighted by molar-refractivity contribution is 7.98. The number of hydrogen-bond donors (Lipinski definition) is 0. The van der Waals surface area contributed by atoms with E-state index >= 15 is 0 Å². The summed E-state index contributed by atoms with van der Waals surface area (Å²) >= 11 is 3.66. The highest BCUT2D eigenvalue weighted by atomic mass is 32.2. The predicted molar refractivity (Wildman–Crippen MR) is 74.2 cm³/mol. The first kappa shape index (κ1) is 13.1. The van der Waals surface area contributed by atoms with Crippen molar-refractivity contribution in [2.45, 2.75) is 25.5 Å². The molecule has 1 aliphatic heterocycles. The van der Waals surface area contributed by atoms with Gasteiger partial charge in [0.1, 0.15) is 0 Å². The van der Waals surface area contributed by atoms with Crippen molar-refractivity contribution in [3.05, 3.63) is 21.4 Å². The van der Waals surface area contributed by atoms with E-state index in [1.807, 2.05) is 18.7 Å². The van der Waals surface area contributed by atoms with Gasteiger partial charge in [-0.05, 0) is 30.2 Å². The van der Waals surface area contributed by atoms with Gasteiger partial charge >= 0.3 is 0 Å². The lowest BCUT2D eigenvalue weighted by molar-refractivity contribution is 0.0898. The number of hydrogen-bond acceptors (Lipinski definition) is 4. The second-order valence-electron chi connectivity index (χ2n) is 4.41. The van der Waals surface area contributed by atoms with E-state index in [1.54, 1.807) is 18.4 Å². The molecular formula is C13H18O2S2. The van der Waals surface area contributed by atoms with E-state index < -0.39 is 0 Å². The molecule has 0 N–H and O–H groups in total. The number of Topliss-reactive ketones (excluding diaryl/α,β-unsaturated/α-hetero) is 1. The van der Waals surface area contributed by atoms with Crippen LogP contribution in [0.5, 0.6) is 0 Å². The second-order valence-corrected chi connectivity index (χ2v) is 6.65. The Morgan fingerprint density at radius 2 is 2.41 bits per heavy atom. The summed E-state index contributed by atoms with van der Waals surface area (Å²) in [6.07, 6.45) is 1.94. The van der Waals surface area contributed by atoms with E-state index in [2.05, 4.69) is 6.07 Å². The topological polar surface area (TPSA) is 26.3 Å². The van der Waals surface area contributed by atoms with E-state index in [9.17, 15) is 4.79 Å². The summed E-state index contributed by atoms with van der Waals surface area (Å²) in [5.41, 5.74) is 1.38. The van der Waals surface area contributed by atoms with Gasteiger partial charge in [-0.2, -0.15) is 11.8 Å². The minimum absolute atomic E-state index is 0.0720. The van der Waals surface area contributed by atoms with Crippen LogP contribution >= 0.6 is 23.1 Å². The molecule has 2 heterocycles. The molecule has 1 atom stereocenters. The van der Waals surface area contributed by atoms with Crippen LogP contribution in [0.15, 0.2) is 6.07 Å². The molecule has 2 rings (SSSR count). The Balaban J connectivity index is 2.06. The zero-order valence-electron chi connectivity index (χ0n) is 10.3. The molecule has 1 unspecified atom stereocenters. The molecule has 0 radical (unpaired) electrons. The minimum atomic E-state index is 0.0720. The molecule has 0 aromatic carbocycles. The summed E-state index contributed by atoms with van der Waals surface area (Å²) in [4.78, 5) is 14.6. The lowest BCUT2D eigenvalue weighted by Gasteiger charge is -2.08. The first-order valence-corrected chi connectivity index (χ1v) is 7.92. The number of aryl methyl sites for hydroxylation is 1. The normalized spacial score (nSPS) is 16.6. The lowest BCUT2D eigenvalue weighted by atomic mass is 10.0. The number of ketones is 1. The summed E-state index contributed by atoms with van der Waals surface area (Å²) in [5, 5.41) is 0. The summed E-state index contributed by atoms with van der Waals surface area (Å²) in [6.45, 7) is 2.66. The van der Waals surface area contributed by atoms with Gasteiger partial charge < -0.3 is 4.74 Å². The molecule has 94 valence electrons. The Labute approximate surface area is 111 Å². The number of fused-ring (bicyclic) bond motifs is 1. The van der Waals surface area contributed by atoms with Crippen molar-refractivity contribution >= 4 is 28.9 Å². The summed E-state index contributed by atoms with van der Waals surface area (Å²) in [5.74, 6) is 2.63. The van der Waals surface area contributed by atoms with Gasteiger partial charge in [-0.15, -0.1) is 11.3 Å². The van der Waals surface area contributed by atoms with Crippen LogP contribution in [0.4, 0.5) is 0 Å². The van der Waals surface area contributed by atoms with Gasteiger partial charge in [-0.3, -0.25) is 4.79 Å². The van der Waals surface area contributed by atoms with Crippen LogP contribution in [0.1, 0.15) is 33.5 Å². The molecule has 1 aromatic rings. The van der Waals surface area contributed by atoms with Crippen LogP contribution in [0.25, 0.3) is 0 Å². The Bertz CT molecular complexity index is 375. The lowest BCUT2D eigenvalue weighted by Crippen LogP contribution is -2.12. The van der Waals surface area contributed by atoms with Crippen molar-refractivity contribution in [3.63, 3.8) is 0 Å². The third-order valence-electron chi connectivity index (χ3n) is 3.07. The maximum absolute atomic E-state index is 12.2. The Morgan fingerprint density at radius 1 is 1.59 bits per heavy atom. The summed E-state index contributed by atoms with van der Waals surface area (Å²) in [7, 11) is 1.68. The van der Waals surface area contributed by atoms with Gasteiger partial charge in [0.05, 0.1) is 4.88 Å². The number of rotatable bonds is 5. The highest BCUT2D eigenvalue weighted by Crippen LogP contribution is 2.33. The highest BCUT2D eigenvalue weighted by Gasteiger charge is 2.21. The van der Waals surface area contributed by atoms with Crippen LogP contribution in [0, 0.1) is 5.92 Å². The molecule has 0 saturated carbocycles. The van der Waals surface area contributed by atoms with Crippen molar-refractivity contribution in [3.8, 4) is 0 Å². The molecule has 0 aliphatic carbocycles. The largest absolute Gasteiger partial charge is 0.385 e. The number of carbonyl (C=O) groups excluding carboxylic acids is 1. The molecule has 0 fully saturated rings. The summed E-state index contributed by atoms with van der Waals surface area (Å²) in [6, 6.07) is 2.11. The third kappa shape index (κ3) is 3.12. The zero-order chi connectivity index (χ0) is 12.3. The number of ether oxygens (including phenoxy) is 1. The van der Waals surface area contributed by atoms with Crippen LogP contribution in [-0.4, -0.2) is 25.3 Å². The SMILES string of the molecule is COCCC(C)C(=O)c1cc2c(s1)CCSC2. The fraction of sp³-hybridized carbons (Fsp3) is 0.615. The fourth-order valence-electron chi connectivity index (χ4n) is 1.94. The van der Waals surface area contributed by atoms with Crippen molar-refractivity contribution in [1.29, 1.82) is 0 Å². The van der Waals surface area contributed by atoms with Crippen LogP contribution in [0.3, 0.4) is 0 Å². The van der Waals surface area contributed by atoms with Gasteiger partial charge in [-0.25, -0.2) is 0 Å². The van der Waals surface area contributed by atoms with Crippen molar-refractivity contribution < 1.29 is 9.53 Å². The smallest absolute Gasteiger partial charge is 0.175 e. The molecule has 0 bridgehead atoms. The number of methoxy groups -OCH3 is 1. The molecule has 17 heavy (non-hydrogen) atoms. The fourth-order valence-corrected chi connectivity index (χ4v) is 4.36. The van der Waals surface area contributed by atoms with Gasteiger partial charge in [-0.1, -0.05) is 6.92 Å². The standard InChI is InChI=1S/C13H18O2S2/c1-9(3-5-15-2)13(14)12-7-10-8-16-6-4-11(10)17-12/h7,9H,3-6,8H2,1-2H3. The van der Waals surface area contributed by atoms with Gasteiger partial charge in [0, 0.05) is 30.3 Å². The maximum Gasteiger partial charge on any atom is 0.175 e. The second kappa shape index (κ2) is 6.03. The van der Waals surface area contributed by atoms with Crippen molar-refractivity contribution in [2.75, 3.05) is 19.5 Å². The maximum atomic E-state index is 12.2. The van der Waals surface area contributed by atoms with Crippen LogP contribution < -0.4 is 0 Å². The molecule has 0 amide bonds. The quantitative estimate of drug-likeness (QED) is 0.767. The first-order chi connectivity index (χ1) is 8.22. The van der Waals surface area contributed by atoms with Gasteiger partial charge in [0.2, 0.25) is 0 Å². The Morgan fingerprint density at radius 3 is 3.12 bits per heavy atom. The minimum Gasteiger partial charge on any atom is -0.385 e. The molecular weight excluding hydrogens is 252 g/mol. The van der Waals surface area contributed by atoms with Gasteiger partial charge in [0.25, 0.3) is 0 Å². The number of carbonyl (C=O) groups is 1. The first-order valence-electron chi connectivity index (χ1n) is 5.95. The molecule has 1 aromatic heterocycles. The van der Waals surface area contributed by atoms with E-state index in [1.165, 1.54) is 16.2 Å².